The van der Waals surface area contributed by atoms with Crippen LogP contribution in [0.3, 0.4) is 0 Å². The van der Waals surface area contributed by atoms with Crippen LogP contribution in [0.15, 0.2) is 36.9 Å². The number of carbonyl (C=O) groups excluding carboxylic acids is 1. The van der Waals surface area contributed by atoms with Gasteiger partial charge in [0.1, 0.15) is 12.7 Å². The molecule has 5 nitrogen and oxygen atoms in total. The van der Waals surface area contributed by atoms with E-state index in [1.165, 1.54) is 6.33 Å². The quantitative estimate of drug-likeness (QED) is 0.848. The maximum absolute atomic E-state index is 11.3. The molecule has 0 spiro atoms. The largest absolute Gasteiger partial charge is 0.324 e. The van der Waals surface area contributed by atoms with Gasteiger partial charge < -0.3 is 5.32 Å². The van der Waals surface area contributed by atoms with Crippen LogP contribution in [0.25, 0.3) is 5.69 Å². The maximum atomic E-state index is 11.3. The van der Waals surface area contributed by atoms with Crippen LogP contribution in [-0.4, -0.2) is 20.7 Å². The van der Waals surface area contributed by atoms with Crippen molar-refractivity contribution in [2.75, 3.05) is 5.32 Å². The molecule has 0 aliphatic rings. The van der Waals surface area contributed by atoms with E-state index in [0.29, 0.717) is 6.42 Å². The number of aromatic nitrogens is 3. The van der Waals surface area contributed by atoms with E-state index < -0.39 is 0 Å². The Morgan fingerprint density at radius 3 is 2.94 bits per heavy atom. The summed E-state index contributed by atoms with van der Waals surface area (Å²) in [5, 5.41) is 6.86. The standard InChI is InChI=1S/C11H12N4O/c1-2-11(16)14-9-5-3-4-6-10(9)15-8-12-7-13-15/h3-8H,2H2,1H3,(H,14,16). The second-order valence-electron chi connectivity index (χ2n) is 3.26. The molecule has 0 radical (unpaired) electrons. The lowest BCUT2D eigenvalue weighted by Crippen LogP contribution is -2.12. The number of amides is 1. The number of nitrogens with zero attached hydrogens (tertiary/aromatic N) is 3. The number of anilines is 1. The summed E-state index contributed by atoms with van der Waals surface area (Å²) in [6.45, 7) is 1.81. The molecule has 0 fully saturated rings. The first-order valence-corrected chi connectivity index (χ1v) is 5.05. The van der Waals surface area contributed by atoms with Gasteiger partial charge in [-0.05, 0) is 12.1 Å². The highest BCUT2D eigenvalue weighted by molar-refractivity contribution is 5.92. The van der Waals surface area contributed by atoms with Crippen LogP contribution in [0.5, 0.6) is 0 Å². The highest BCUT2D eigenvalue weighted by Crippen LogP contribution is 2.18. The molecule has 1 aromatic heterocycles. The molecule has 0 unspecified atom stereocenters. The van der Waals surface area contributed by atoms with Gasteiger partial charge in [-0.2, -0.15) is 5.10 Å². The van der Waals surface area contributed by atoms with Crippen molar-refractivity contribution in [3.63, 3.8) is 0 Å². The number of benzene rings is 1. The SMILES string of the molecule is CCC(=O)Nc1ccccc1-n1cncn1. The van der Waals surface area contributed by atoms with Gasteiger partial charge in [0.15, 0.2) is 0 Å². The lowest BCUT2D eigenvalue weighted by molar-refractivity contribution is -0.115. The van der Waals surface area contributed by atoms with Crippen molar-refractivity contribution in [2.45, 2.75) is 13.3 Å². The summed E-state index contributed by atoms with van der Waals surface area (Å²) in [4.78, 5) is 15.2. The number of hydrogen-bond donors (Lipinski definition) is 1. The fourth-order valence-corrected chi connectivity index (χ4v) is 1.35. The summed E-state index contributed by atoms with van der Waals surface area (Å²) < 4.78 is 1.62. The average molecular weight is 216 g/mol. The van der Waals surface area contributed by atoms with E-state index in [1.807, 2.05) is 31.2 Å². The van der Waals surface area contributed by atoms with Gasteiger partial charge in [-0.15, -0.1) is 0 Å². The minimum atomic E-state index is -0.0208. The second kappa shape index (κ2) is 4.57. The number of nitrogens with one attached hydrogen (secondary N) is 1. The van der Waals surface area contributed by atoms with Gasteiger partial charge in [0.25, 0.3) is 0 Å². The summed E-state index contributed by atoms with van der Waals surface area (Å²) in [6, 6.07) is 7.47. The van der Waals surface area contributed by atoms with E-state index in [2.05, 4.69) is 15.4 Å². The van der Waals surface area contributed by atoms with Crippen LogP contribution in [-0.2, 0) is 4.79 Å². The zero-order chi connectivity index (χ0) is 11.4. The smallest absolute Gasteiger partial charge is 0.224 e. The summed E-state index contributed by atoms with van der Waals surface area (Å²) in [7, 11) is 0. The van der Waals surface area contributed by atoms with Gasteiger partial charge in [0.2, 0.25) is 5.91 Å². The van der Waals surface area contributed by atoms with Crippen molar-refractivity contribution in [1.82, 2.24) is 14.8 Å². The van der Waals surface area contributed by atoms with Crippen molar-refractivity contribution < 1.29 is 4.79 Å². The lowest BCUT2D eigenvalue weighted by Gasteiger charge is -2.09. The molecule has 2 rings (SSSR count). The minimum absolute atomic E-state index is 0.0208. The number of para-hydroxylation sites is 2. The van der Waals surface area contributed by atoms with Crippen molar-refractivity contribution in [3.8, 4) is 5.69 Å². The Hall–Kier alpha value is -2.17. The lowest BCUT2D eigenvalue weighted by atomic mass is 10.2. The predicted octanol–water partition coefficient (Wildman–Crippen LogP) is 1.62. The molecule has 0 saturated heterocycles. The number of hydrogen-bond acceptors (Lipinski definition) is 3. The van der Waals surface area contributed by atoms with Gasteiger partial charge in [-0.3, -0.25) is 4.79 Å². The Labute approximate surface area is 93.1 Å². The molecule has 0 aliphatic heterocycles. The Balaban J connectivity index is 2.35. The summed E-state index contributed by atoms with van der Waals surface area (Å²) in [5.41, 5.74) is 1.54. The van der Waals surface area contributed by atoms with E-state index in [0.717, 1.165) is 11.4 Å². The van der Waals surface area contributed by atoms with Gasteiger partial charge in [-0.1, -0.05) is 19.1 Å². The van der Waals surface area contributed by atoms with E-state index >= 15 is 0 Å². The normalized spacial score (nSPS) is 10.1. The summed E-state index contributed by atoms with van der Waals surface area (Å²) >= 11 is 0. The summed E-state index contributed by atoms with van der Waals surface area (Å²) in [6.07, 6.45) is 3.50. The van der Waals surface area contributed by atoms with Gasteiger partial charge in [-0.25, -0.2) is 9.67 Å². The molecular formula is C11H12N4O. The van der Waals surface area contributed by atoms with Crippen LogP contribution < -0.4 is 5.32 Å². The van der Waals surface area contributed by atoms with Crippen LogP contribution in [0.4, 0.5) is 5.69 Å². The van der Waals surface area contributed by atoms with Gasteiger partial charge in [0, 0.05) is 6.42 Å². The van der Waals surface area contributed by atoms with Crippen molar-refractivity contribution in [3.05, 3.63) is 36.9 Å². The third-order valence-corrected chi connectivity index (χ3v) is 2.16. The third-order valence-electron chi connectivity index (χ3n) is 2.16. The van der Waals surface area contributed by atoms with Gasteiger partial charge >= 0.3 is 0 Å². The Morgan fingerprint density at radius 1 is 1.44 bits per heavy atom. The van der Waals surface area contributed by atoms with Crippen LogP contribution in [0, 0.1) is 0 Å². The molecule has 0 atom stereocenters. The number of rotatable bonds is 3. The topological polar surface area (TPSA) is 59.8 Å². The van der Waals surface area contributed by atoms with Crippen LogP contribution in [0.2, 0.25) is 0 Å². The Bertz CT molecular complexity index is 478. The molecule has 16 heavy (non-hydrogen) atoms. The van der Waals surface area contributed by atoms with Crippen LogP contribution >= 0.6 is 0 Å². The van der Waals surface area contributed by atoms with Crippen molar-refractivity contribution >= 4 is 11.6 Å². The van der Waals surface area contributed by atoms with Gasteiger partial charge in [0.05, 0.1) is 11.4 Å². The fourth-order valence-electron chi connectivity index (χ4n) is 1.35. The molecule has 1 N–H and O–H groups in total. The summed E-state index contributed by atoms with van der Waals surface area (Å²) in [5.74, 6) is -0.0208. The molecule has 0 saturated carbocycles. The zero-order valence-corrected chi connectivity index (χ0v) is 8.92. The fraction of sp³-hybridized carbons (Fsp3) is 0.182. The van der Waals surface area contributed by atoms with E-state index in [4.69, 9.17) is 0 Å². The molecule has 1 aromatic carbocycles. The zero-order valence-electron chi connectivity index (χ0n) is 8.92. The highest BCUT2D eigenvalue weighted by atomic mass is 16.1. The maximum Gasteiger partial charge on any atom is 0.224 e. The monoisotopic (exact) mass is 216 g/mol. The number of carbonyl (C=O) groups is 1. The molecule has 2 aromatic rings. The second-order valence-corrected chi connectivity index (χ2v) is 3.26. The minimum Gasteiger partial charge on any atom is -0.324 e. The molecule has 1 amide bonds. The van der Waals surface area contributed by atoms with Crippen molar-refractivity contribution in [2.24, 2.45) is 0 Å². The van der Waals surface area contributed by atoms with E-state index in [9.17, 15) is 4.79 Å². The van der Waals surface area contributed by atoms with E-state index in [1.54, 1.807) is 11.0 Å². The molecular weight excluding hydrogens is 204 g/mol. The molecule has 5 heteroatoms. The molecule has 0 bridgehead atoms. The third kappa shape index (κ3) is 2.08. The Morgan fingerprint density at radius 2 is 2.25 bits per heavy atom. The first-order chi connectivity index (χ1) is 7.81. The highest BCUT2D eigenvalue weighted by Gasteiger charge is 2.06. The van der Waals surface area contributed by atoms with Crippen molar-refractivity contribution in [1.29, 1.82) is 0 Å². The molecule has 0 aliphatic carbocycles. The van der Waals surface area contributed by atoms with E-state index in [-0.39, 0.29) is 5.91 Å². The molecule has 82 valence electrons. The Kier molecular flexibility index (Phi) is 2.95. The first-order valence-electron chi connectivity index (χ1n) is 5.05. The predicted molar refractivity (Wildman–Crippen MR) is 60.3 cm³/mol. The first kappa shape index (κ1) is 10.4. The molecule has 1 heterocycles. The average Bonchev–Trinajstić information content (AvgIpc) is 2.83. The van der Waals surface area contributed by atoms with Crippen LogP contribution in [0.1, 0.15) is 13.3 Å².